The van der Waals surface area contributed by atoms with Crippen LogP contribution in [0.1, 0.15) is 25.5 Å². The summed E-state index contributed by atoms with van der Waals surface area (Å²) in [5.41, 5.74) is 1.16. The van der Waals surface area contributed by atoms with Crippen LogP contribution in [0.5, 0.6) is 5.75 Å². The van der Waals surface area contributed by atoms with Crippen molar-refractivity contribution in [3.8, 4) is 5.75 Å². The number of ether oxygens (including phenoxy) is 3. The van der Waals surface area contributed by atoms with Crippen LogP contribution in [0.4, 0.5) is 0 Å². The molecule has 1 aromatic rings. The van der Waals surface area contributed by atoms with Gasteiger partial charge < -0.3 is 19.5 Å². The quantitative estimate of drug-likeness (QED) is 0.697. The van der Waals surface area contributed by atoms with Crippen molar-refractivity contribution in [2.45, 2.75) is 26.0 Å². The van der Waals surface area contributed by atoms with Crippen LogP contribution < -0.4 is 10.1 Å². The Morgan fingerprint density at radius 1 is 1.21 bits per heavy atom. The summed E-state index contributed by atoms with van der Waals surface area (Å²) in [5.74, 6) is 0.893. The van der Waals surface area contributed by atoms with Gasteiger partial charge in [0.1, 0.15) is 5.75 Å². The Hall–Kier alpha value is -1.10. The van der Waals surface area contributed by atoms with Gasteiger partial charge in [0.15, 0.2) is 0 Å². The van der Waals surface area contributed by atoms with Crippen molar-refractivity contribution in [2.75, 3.05) is 34.0 Å². The van der Waals surface area contributed by atoms with Crippen molar-refractivity contribution >= 4 is 0 Å². The van der Waals surface area contributed by atoms with Gasteiger partial charge in [0.25, 0.3) is 0 Å². The normalized spacial score (nSPS) is 12.7. The second-order valence-corrected chi connectivity index (χ2v) is 4.65. The highest BCUT2D eigenvalue weighted by molar-refractivity contribution is 5.30. The molecule has 0 bridgehead atoms. The third kappa shape index (κ3) is 6.05. The molecule has 0 saturated carbocycles. The largest absolute Gasteiger partial charge is 0.491 e. The first kappa shape index (κ1) is 16.0. The van der Waals surface area contributed by atoms with Crippen molar-refractivity contribution in [1.29, 1.82) is 0 Å². The summed E-state index contributed by atoms with van der Waals surface area (Å²) in [6.45, 7) is 5.89. The van der Waals surface area contributed by atoms with Crippen LogP contribution in [0.15, 0.2) is 24.3 Å². The second kappa shape index (κ2) is 8.91. The Balaban J connectivity index is 2.59. The van der Waals surface area contributed by atoms with E-state index in [9.17, 15) is 0 Å². The summed E-state index contributed by atoms with van der Waals surface area (Å²) in [6, 6.07) is 8.27. The predicted octanol–water partition coefficient (Wildman–Crippen LogP) is 2.40. The van der Waals surface area contributed by atoms with Crippen LogP contribution >= 0.6 is 0 Å². The first-order valence-electron chi connectivity index (χ1n) is 6.68. The second-order valence-electron chi connectivity index (χ2n) is 4.65. The molecule has 0 aliphatic rings. The zero-order valence-corrected chi connectivity index (χ0v) is 12.3. The Bertz CT molecular complexity index is 355. The summed E-state index contributed by atoms with van der Waals surface area (Å²) in [7, 11) is 3.60. The maximum Gasteiger partial charge on any atom is 0.120 e. The molecule has 19 heavy (non-hydrogen) atoms. The van der Waals surface area contributed by atoms with Gasteiger partial charge in [-0.2, -0.15) is 0 Å². The lowest BCUT2D eigenvalue weighted by molar-refractivity contribution is 0.0596. The Labute approximate surface area is 116 Å². The van der Waals surface area contributed by atoms with E-state index in [1.54, 1.807) is 7.11 Å². The molecule has 0 heterocycles. The topological polar surface area (TPSA) is 39.7 Å². The molecule has 0 aromatic heterocycles. The highest BCUT2D eigenvalue weighted by Crippen LogP contribution is 2.20. The molecular weight excluding hydrogens is 242 g/mol. The summed E-state index contributed by atoms with van der Waals surface area (Å²) < 4.78 is 16.2. The van der Waals surface area contributed by atoms with Crippen LogP contribution in [-0.4, -0.2) is 40.1 Å². The molecule has 4 heteroatoms. The molecule has 1 atom stereocenters. The lowest BCUT2D eigenvalue weighted by Gasteiger charge is -2.18. The fraction of sp³-hybridized carbons (Fsp3) is 0.600. The highest BCUT2D eigenvalue weighted by Gasteiger charge is 2.10. The van der Waals surface area contributed by atoms with Gasteiger partial charge in [-0.25, -0.2) is 0 Å². The first-order chi connectivity index (χ1) is 9.17. The van der Waals surface area contributed by atoms with Gasteiger partial charge in [-0.1, -0.05) is 12.1 Å². The molecule has 0 aliphatic heterocycles. The van der Waals surface area contributed by atoms with E-state index in [0.29, 0.717) is 19.8 Å². The fourth-order valence-electron chi connectivity index (χ4n) is 1.77. The van der Waals surface area contributed by atoms with Crippen molar-refractivity contribution in [3.63, 3.8) is 0 Å². The standard InChI is InChI=1S/C15H25NO3/c1-12(2)19-14-7-5-6-13(10-14)15(16-3)11-18-9-8-17-4/h5-7,10,12,15-16H,8-9,11H2,1-4H3. The Morgan fingerprint density at radius 2 is 2.00 bits per heavy atom. The van der Waals surface area contributed by atoms with Gasteiger partial charge in [0, 0.05) is 7.11 Å². The number of benzene rings is 1. The van der Waals surface area contributed by atoms with Crippen molar-refractivity contribution in [1.82, 2.24) is 5.32 Å². The van der Waals surface area contributed by atoms with Crippen LogP contribution in [0.2, 0.25) is 0 Å². The molecular formula is C15H25NO3. The molecule has 0 aliphatic carbocycles. The summed E-state index contributed by atoms with van der Waals surface area (Å²) in [5, 5.41) is 3.25. The number of hydrogen-bond acceptors (Lipinski definition) is 4. The van der Waals surface area contributed by atoms with Gasteiger partial charge >= 0.3 is 0 Å². The van der Waals surface area contributed by atoms with Crippen molar-refractivity contribution in [2.24, 2.45) is 0 Å². The monoisotopic (exact) mass is 267 g/mol. The Morgan fingerprint density at radius 3 is 2.63 bits per heavy atom. The number of rotatable bonds is 9. The fourth-order valence-corrected chi connectivity index (χ4v) is 1.77. The van der Waals surface area contributed by atoms with E-state index >= 15 is 0 Å². The minimum absolute atomic E-state index is 0.160. The van der Waals surface area contributed by atoms with Gasteiger partial charge in [-0.05, 0) is 38.6 Å². The predicted molar refractivity (Wildman–Crippen MR) is 76.7 cm³/mol. The maximum atomic E-state index is 5.70. The molecule has 1 N–H and O–H groups in total. The lowest BCUT2D eigenvalue weighted by Crippen LogP contribution is -2.22. The summed E-state index contributed by atoms with van der Waals surface area (Å²) >= 11 is 0. The third-order valence-electron chi connectivity index (χ3n) is 2.70. The number of hydrogen-bond donors (Lipinski definition) is 1. The SMILES string of the molecule is CNC(COCCOC)c1cccc(OC(C)C)c1. The molecule has 0 spiro atoms. The van der Waals surface area contributed by atoms with Crippen molar-refractivity contribution < 1.29 is 14.2 Å². The molecule has 4 nitrogen and oxygen atoms in total. The van der Waals surface area contributed by atoms with E-state index in [1.165, 1.54) is 0 Å². The summed E-state index contributed by atoms with van der Waals surface area (Å²) in [6.07, 6.45) is 0.182. The highest BCUT2D eigenvalue weighted by atomic mass is 16.5. The molecule has 1 aromatic carbocycles. The van der Waals surface area contributed by atoms with E-state index in [-0.39, 0.29) is 12.1 Å². The van der Waals surface area contributed by atoms with E-state index in [1.807, 2.05) is 33.0 Å². The van der Waals surface area contributed by atoms with E-state index < -0.39 is 0 Å². The number of nitrogens with one attached hydrogen (secondary N) is 1. The van der Waals surface area contributed by atoms with Crippen LogP contribution in [0.3, 0.4) is 0 Å². The van der Waals surface area contributed by atoms with E-state index in [0.717, 1.165) is 11.3 Å². The maximum absolute atomic E-state index is 5.70. The van der Waals surface area contributed by atoms with Crippen LogP contribution in [0.25, 0.3) is 0 Å². The number of likely N-dealkylation sites (N-methyl/N-ethyl adjacent to an activating group) is 1. The van der Waals surface area contributed by atoms with Gasteiger partial charge in [-0.3, -0.25) is 0 Å². The Kier molecular flexibility index (Phi) is 7.48. The zero-order chi connectivity index (χ0) is 14.1. The molecule has 0 saturated heterocycles. The van der Waals surface area contributed by atoms with Gasteiger partial charge in [0.2, 0.25) is 0 Å². The number of methoxy groups -OCH3 is 1. The van der Waals surface area contributed by atoms with Crippen LogP contribution in [-0.2, 0) is 9.47 Å². The smallest absolute Gasteiger partial charge is 0.120 e. The minimum atomic E-state index is 0.160. The average molecular weight is 267 g/mol. The van der Waals surface area contributed by atoms with Crippen molar-refractivity contribution in [3.05, 3.63) is 29.8 Å². The third-order valence-corrected chi connectivity index (χ3v) is 2.70. The molecule has 0 radical (unpaired) electrons. The first-order valence-corrected chi connectivity index (χ1v) is 6.68. The van der Waals surface area contributed by atoms with Gasteiger partial charge in [0.05, 0.1) is 32.0 Å². The molecule has 0 amide bonds. The lowest BCUT2D eigenvalue weighted by atomic mass is 10.1. The molecule has 1 unspecified atom stereocenters. The molecule has 108 valence electrons. The van der Waals surface area contributed by atoms with Gasteiger partial charge in [-0.15, -0.1) is 0 Å². The van der Waals surface area contributed by atoms with Crippen LogP contribution in [0, 0.1) is 0 Å². The minimum Gasteiger partial charge on any atom is -0.491 e. The summed E-state index contributed by atoms with van der Waals surface area (Å²) in [4.78, 5) is 0. The molecule has 0 fully saturated rings. The average Bonchev–Trinajstić information content (AvgIpc) is 2.38. The zero-order valence-electron chi connectivity index (χ0n) is 12.3. The van der Waals surface area contributed by atoms with E-state index in [2.05, 4.69) is 17.4 Å². The van der Waals surface area contributed by atoms with E-state index in [4.69, 9.17) is 14.2 Å². The molecule has 1 rings (SSSR count).